The molecule has 1 aliphatic rings. The number of nitrogens with one attached hydrogen (secondary N) is 2. The van der Waals surface area contributed by atoms with Crippen LogP contribution >= 0.6 is 0 Å². The summed E-state index contributed by atoms with van der Waals surface area (Å²) >= 11 is 0. The summed E-state index contributed by atoms with van der Waals surface area (Å²) in [5, 5.41) is 8.95. The van der Waals surface area contributed by atoms with Crippen LogP contribution in [0, 0.1) is 0 Å². The summed E-state index contributed by atoms with van der Waals surface area (Å²) in [7, 11) is 0. The van der Waals surface area contributed by atoms with Crippen LogP contribution in [0.1, 0.15) is 39.6 Å². The lowest BCUT2D eigenvalue weighted by atomic mass is 9.80. The lowest BCUT2D eigenvalue weighted by Crippen LogP contribution is -2.36. The Bertz CT molecular complexity index is 2030. The Labute approximate surface area is 203 Å². The molecule has 36 heavy (non-hydrogen) atoms. The van der Waals surface area contributed by atoms with Gasteiger partial charge >= 0.3 is 0 Å². The normalized spacial score (nSPS) is 13.7. The van der Waals surface area contributed by atoms with E-state index in [2.05, 4.69) is 10.3 Å². The van der Waals surface area contributed by atoms with Crippen LogP contribution in [0.4, 0.5) is 0 Å². The lowest BCUT2D eigenvalue weighted by molar-refractivity contribution is 0.0845. The largest absolute Gasteiger partial charge is 0.381 e. The van der Waals surface area contributed by atoms with Crippen LogP contribution in [0.25, 0.3) is 53.9 Å². The molecular weight excluding hydrogens is 456 g/mol. The molecule has 2 N–H and O–H groups in total. The molecule has 1 aromatic heterocycles. The van der Waals surface area contributed by atoms with Gasteiger partial charge in [-0.2, -0.15) is 0 Å². The van der Waals surface area contributed by atoms with Crippen molar-refractivity contribution >= 4 is 65.7 Å². The highest BCUT2D eigenvalue weighted by Gasteiger charge is 2.34. The van der Waals surface area contributed by atoms with Crippen molar-refractivity contribution in [1.82, 2.24) is 10.3 Å². The number of H-pyrrole nitrogens is 1. The average Bonchev–Trinajstić information content (AvgIpc) is 3.16. The second-order valence-corrected chi connectivity index (χ2v) is 9.35. The maximum absolute atomic E-state index is 13.3. The number of aromatic amines is 1. The fourth-order valence-corrected chi connectivity index (χ4v) is 6.03. The van der Waals surface area contributed by atoms with Crippen molar-refractivity contribution in [3.63, 3.8) is 0 Å². The van der Waals surface area contributed by atoms with Gasteiger partial charge in [0.1, 0.15) is 0 Å². The van der Waals surface area contributed by atoms with Gasteiger partial charge < -0.3 is 4.74 Å². The Morgan fingerprint density at radius 3 is 2.17 bits per heavy atom. The van der Waals surface area contributed by atoms with E-state index in [1.807, 2.05) is 49.4 Å². The predicted octanol–water partition coefficient (Wildman–Crippen LogP) is 4.23. The minimum atomic E-state index is -0.664. The van der Waals surface area contributed by atoms with E-state index in [9.17, 15) is 19.2 Å². The highest BCUT2D eigenvalue weighted by molar-refractivity contribution is 6.44. The van der Waals surface area contributed by atoms with Gasteiger partial charge in [0, 0.05) is 17.4 Å². The molecule has 0 saturated heterocycles. The predicted molar refractivity (Wildman–Crippen MR) is 140 cm³/mol. The maximum Gasteiger partial charge on any atom is 0.259 e. The number of amides is 2. The summed E-state index contributed by atoms with van der Waals surface area (Å²) in [6, 6.07) is 13.9. The summed E-state index contributed by atoms with van der Waals surface area (Å²) < 4.78 is 5.73. The first kappa shape index (κ1) is 21.0. The zero-order valence-corrected chi connectivity index (χ0v) is 19.4. The fourth-order valence-electron chi connectivity index (χ4n) is 6.03. The minimum absolute atomic E-state index is 0.0375. The van der Waals surface area contributed by atoms with Crippen LogP contribution in [0.2, 0.25) is 0 Å². The summed E-state index contributed by atoms with van der Waals surface area (Å²) in [4.78, 5) is 55.0. The Kier molecular flexibility index (Phi) is 4.26. The van der Waals surface area contributed by atoms with Crippen molar-refractivity contribution in [1.29, 1.82) is 0 Å². The van der Waals surface area contributed by atoms with Crippen LogP contribution in [0.3, 0.4) is 0 Å². The molecule has 0 fully saturated rings. The van der Waals surface area contributed by atoms with Crippen LogP contribution in [-0.2, 0) is 11.2 Å². The molecule has 0 atom stereocenters. The van der Waals surface area contributed by atoms with Crippen molar-refractivity contribution in [3.05, 3.63) is 79.9 Å². The van der Waals surface area contributed by atoms with Gasteiger partial charge in [-0.25, -0.2) is 0 Å². The molecule has 0 aliphatic carbocycles. The molecule has 2 amide bonds. The van der Waals surface area contributed by atoms with Gasteiger partial charge in [0.25, 0.3) is 22.9 Å². The lowest BCUT2D eigenvalue weighted by Gasteiger charge is -2.24. The smallest absolute Gasteiger partial charge is 0.259 e. The van der Waals surface area contributed by atoms with Gasteiger partial charge in [-0.1, -0.05) is 43.3 Å². The number of carbonyl (C=O) groups is 2. The first-order chi connectivity index (χ1) is 17.5. The molecule has 0 unspecified atom stereocenters. The summed E-state index contributed by atoms with van der Waals surface area (Å²) in [6.07, 6.45) is 1.35. The van der Waals surface area contributed by atoms with Gasteiger partial charge in [0.2, 0.25) is 0 Å². The number of fused-ring (bicyclic) bond motifs is 5. The van der Waals surface area contributed by atoms with Gasteiger partial charge in [0.15, 0.2) is 0 Å². The Morgan fingerprint density at radius 2 is 1.39 bits per heavy atom. The van der Waals surface area contributed by atoms with E-state index >= 15 is 0 Å². The van der Waals surface area contributed by atoms with Crippen molar-refractivity contribution in [3.8, 4) is 0 Å². The third kappa shape index (κ3) is 2.55. The first-order valence-electron chi connectivity index (χ1n) is 12.0. The van der Waals surface area contributed by atoms with E-state index in [4.69, 9.17) is 4.74 Å². The number of benzene rings is 5. The maximum atomic E-state index is 13.3. The molecule has 0 bridgehead atoms. The van der Waals surface area contributed by atoms with Gasteiger partial charge in [-0.15, -0.1) is 0 Å². The van der Waals surface area contributed by atoms with E-state index in [1.54, 1.807) is 0 Å². The molecule has 0 radical (unpaired) electrons. The number of aromatic nitrogens is 1. The number of carbonyl (C=O) groups excluding carboxylic acids is 2. The molecule has 0 spiro atoms. The Morgan fingerprint density at radius 1 is 0.694 bits per heavy atom. The van der Waals surface area contributed by atoms with Crippen LogP contribution in [0.5, 0.6) is 0 Å². The third-order valence-corrected chi connectivity index (χ3v) is 7.35. The Hall–Kier alpha value is -4.36. The van der Waals surface area contributed by atoms with Crippen molar-refractivity contribution < 1.29 is 14.3 Å². The number of imide groups is 1. The molecule has 2 heterocycles. The quantitative estimate of drug-likeness (QED) is 0.168. The van der Waals surface area contributed by atoms with Gasteiger partial charge in [-0.3, -0.25) is 29.5 Å². The molecule has 7 nitrogen and oxygen atoms in total. The SMILES string of the molecule is CCCOCCc1cc2c3cccc4cccc(c43)c3c4c(=O)[nH]c(=O)c4c4c(c1C(=O)NC4=O)c23. The molecule has 176 valence electrons. The minimum Gasteiger partial charge on any atom is -0.381 e. The topological polar surface area (TPSA) is 105 Å². The summed E-state index contributed by atoms with van der Waals surface area (Å²) in [5.41, 5.74) is 0.0422. The second kappa shape index (κ2) is 7.32. The fraction of sp³-hybridized carbons (Fsp3) is 0.172. The number of ether oxygens (including phenoxy) is 1. The van der Waals surface area contributed by atoms with E-state index in [-0.39, 0.29) is 16.3 Å². The molecule has 1 aliphatic heterocycles. The third-order valence-electron chi connectivity index (χ3n) is 7.35. The van der Waals surface area contributed by atoms with Crippen LogP contribution < -0.4 is 16.4 Å². The van der Waals surface area contributed by atoms with E-state index in [0.717, 1.165) is 38.9 Å². The number of hydrogen-bond acceptors (Lipinski definition) is 5. The molecule has 7 heteroatoms. The van der Waals surface area contributed by atoms with E-state index in [0.29, 0.717) is 41.4 Å². The monoisotopic (exact) mass is 476 g/mol. The molecule has 6 aromatic rings. The van der Waals surface area contributed by atoms with Gasteiger partial charge in [-0.05, 0) is 56.8 Å². The average molecular weight is 476 g/mol. The molecule has 5 aromatic carbocycles. The molecule has 7 rings (SSSR count). The summed E-state index contributed by atoms with van der Waals surface area (Å²) in [6.45, 7) is 3.06. The molecular formula is C29H20N2O5. The van der Waals surface area contributed by atoms with Crippen molar-refractivity contribution in [2.24, 2.45) is 0 Å². The van der Waals surface area contributed by atoms with Crippen LogP contribution in [0.15, 0.2) is 52.1 Å². The van der Waals surface area contributed by atoms with E-state index in [1.165, 1.54) is 0 Å². The number of rotatable bonds is 5. The Balaban J connectivity index is 1.81. The van der Waals surface area contributed by atoms with Gasteiger partial charge in [0.05, 0.1) is 28.5 Å². The zero-order valence-electron chi connectivity index (χ0n) is 19.4. The highest BCUT2D eigenvalue weighted by atomic mass is 16.5. The second-order valence-electron chi connectivity index (χ2n) is 9.35. The zero-order chi connectivity index (χ0) is 24.7. The van der Waals surface area contributed by atoms with E-state index < -0.39 is 22.9 Å². The standard InChI is InChI=1S/C29H20N2O5/c1-2-10-36-11-9-14-12-17-15-7-3-5-13-6-4-8-16(18(13)15)20-21(17)22-19(14)26(32)30-28(34)24(22)25-23(20)27(33)31-29(25)35/h3-8,12H,2,9-11H2,1H3,(H,30,32,34)(H,31,33,35). The first-order valence-corrected chi connectivity index (χ1v) is 12.0. The molecule has 0 saturated carbocycles. The summed E-state index contributed by atoms with van der Waals surface area (Å²) in [5.74, 6) is -1.17. The van der Waals surface area contributed by atoms with Crippen molar-refractivity contribution in [2.75, 3.05) is 13.2 Å². The van der Waals surface area contributed by atoms with Crippen LogP contribution in [-0.4, -0.2) is 30.0 Å². The highest BCUT2D eigenvalue weighted by Crippen LogP contribution is 2.46. The van der Waals surface area contributed by atoms with Crippen molar-refractivity contribution in [2.45, 2.75) is 19.8 Å². The number of hydrogen-bond donors (Lipinski definition) is 2.